The van der Waals surface area contributed by atoms with Crippen molar-refractivity contribution >= 4 is 23.1 Å². The molecule has 144 valence electrons. The number of pyridine rings is 1. The molecule has 1 aliphatic heterocycles. The zero-order valence-electron chi connectivity index (χ0n) is 15.7. The van der Waals surface area contributed by atoms with Crippen LogP contribution in [0.4, 0.5) is 17.2 Å². The zero-order chi connectivity index (χ0) is 19.3. The fourth-order valence-corrected chi connectivity index (χ4v) is 3.31. The minimum absolute atomic E-state index is 0.275. The van der Waals surface area contributed by atoms with E-state index in [-0.39, 0.29) is 11.7 Å². The molecular weight excluding hydrogens is 356 g/mol. The van der Waals surface area contributed by atoms with Crippen molar-refractivity contribution in [1.29, 1.82) is 0 Å². The molecular formula is C21H22N4O3. The van der Waals surface area contributed by atoms with Crippen molar-refractivity contribution in [3.63, 3.8) is 0 Å². The molecule has 1 aliphatic rings. The van der Waals surface area contributed by atoms with E-state index in [1.54, 1.807) is 25.4 Å². The Labute approximate surface area is 163 Å². The van der Waals surface area contributed by atoms with Crippen LogP contribution in [-0.4, -0.2) is 44.2 Å². The molecule has 1 amide bonds. The van der Waals surface area contributed by atoms with E-state index in [2.05, 4.69) is 26.2 Å². The number of anilines is 3. The molecule has 1 saturated heterocycles. The van der Waals surface area contributed by atoms with Crippen LogP contribution in [0, 0.1) is 0 Å². The van der Waals surface area contributed by atoms with E-state index >= 15 is 0 Å². The maximum atomic E-state index is 12.0. The Morgan fingerprint density at radius 3 is 2.50 bits per heavy atom. The predicted octanol–water partition coefficient (Wildman–Crippen LogP) is 3.26. The van der Waals surface area contributed by atoms with Crippen LogP contribution in [0.5, 0.6) is 5.75 Å². The molecule has 0 unspecified atom stereocenters. The minimum Gasteiger partial charge on any atom is -0.495 e. The molecule has 4 rings (SSSR count). The number of amides is 1. The first kappa shape index (κ1) is 17.9. The van der Waals surface area contributed by atoms with Crippen LogP contribution < -0.4 is 19.9 Å². The molecule has 1 N–H and O–H groups in total. The molecule has 0 saturated carbocycles. The average molecular weight is 378 g/mol. The van der Waals surface area contributed by atoms with Crippen LogP contribution in [0.1, 0.15) is 10.6 Å². The minimum atomic E-state index is -0.287. The van der Waals surface area contributed by atoms with Crippen molar-refractivity contribution in [3.05, 3.63) is 66.8 Å². The monoisotopic (exact) mass is 378 g/mol. The number of methoxy groups -OCH3 is 1. The van der Waals surface area contributed by atoms with Crippen LogP contribution in [-0.2, 0) is 0 Å². The maximum Gasteiger partial charge on any atom is 0.291 e. The fraction of sp³-hybridized carbons (Fsp3) is 0.238. The second-order valence-electron chi connectivity index (χ2n) is 6.48. The number of hydrogen-bond donors (Lipinski definition) is 1. The maximum absolute atomic E-state index is 12.0. The molecule has 0 aliphatic carbocycles. The second-order valence-corrected chi connectivity index (χ2v) is 6.48. The molecule has 1 aromatic carbocycles. The van der Waals surface area contributed by atoms with E-state index in [0.29, 0.717) is 5.69 Å². The van der Waals surface area contributed by atoms with Crippen molar-refractivity contribution in [2.24, 2.45) is 0 Å². The van der Waals surface area contributed by atoms with E-state index in [0.717, 1.165) is 43.4 Å². The number of piperazine rings is 1. The molecule has 1 fully saturated rings. The fourth-order valence-electron chi connectivity index (χ4n) is 3.31. The van der Waals surface area contributed by atoms with Gasteiger partial charge in [-0.05, 0) is 36.4 Å². The highest BCUT2D eigenvalue weighted by Gasteiger charge is 2.20. The van der Waals surface area contributed by atoms with Crippen LogP contribution in [0.25, 0.3) is 0 Å². The number of nitrogens with one attached hydrogen (secondary N) is 1. The van der Waals surface area contributed by atoms with Crippen molar-refractivity contribution < 1.29 is 13.9 Å². The van der Waals surface area contributed by atoms with Gasteiger partial charge in [-0.15, -0.1) is 0 Å². The lowest BCUT2D eigenvalue weighted by Gasteiger charge is -2.37. The number of nitrogens with zero attached hydrogens (tertiary/aromatic N) is 3. The third kappa shape index (κ3) is 3.78. The van der Waals surface area contributed by atoms with E-state index in [1.807, 2.05) is 30.3 Å². The lowest BCUT2D eigenvalue weighted by Crippen LogP contribution is -2.46. The Hall–Kier alpha value is -3.48. The highest BCUT2D eigenvalue weighted by Crippen LogP contribution is 2.29. The first-order valence-corrected chi connectivity index (χ1v) is 9.18. The summed E-state index contributed by atoms with van der Waals surface area (Å²) in [5.74, 6) is 1.78. The number of carbonyl (C=O) groups excluding carboxylic acids is 1. The third-order valence-electron chi connectivity index (χ3n) is 4.78. The van der Waals surface area contributed by atoms with Gasteiger partial charge in [0.1, 0.15) is 11.6 Å². The number of aromatic nitrogens is 1. The van der Waals surface area contributed by atoms with E-state index in [1.165, 1.54) is 6.26 Å². The Bertz CT molecular complexity index is 917. The third-order valence-corrected chi connectivity index (χ3v) is 4.78. The van der Waals surface area contributed by atoms with Gasteiger partial charge in [0, 0.05) is 26.2 Å². The van der Waals surface area contributed by atoms with E-state index in [9.17, 15) is 4.79 Å². The smallest absolute Gasteiger partial charge is 0.291 e. The highest BCUT2D eigenvalue weighted by atomic mass is 16.5. The van der Waals surface area contributed by atoms with Gasteiger partial charge in [-0.3, -0.25) is 4.79 Å². The van der Waals surface area contributed by atoms with Crippen LogP contribution in [0.15, 0.2) is 65.4 Å². The van der Waals surface area contributed by atoms with Gasteiger partial charge in [0.2, 0.25) is 0 Å². The molecule has 0 spiro atoms. The standard InChI is InChI=1S/C21H22N4O3/c1-27-18-6-3-2-5-17(18)24-10-12-25(13-11-24)20-9-8-16(15-22-20)23-21(26)19-7-4-14-28-19/h2-9,14-15H,10-13H2,1H3,(H,23,26). The number of hydrogen-bond acceptors (Lipinski definition) is 6. The van der Waals surface area contributed by atoms with Crippen LogP contribution >= 0.6 is 0 Å². The van der Waals surface area contributed by atoms with Crippen molar-refractivity contribution in [2.45, 2.75) is 0 Å². The molecule has 3 aromatic rings. The van der Waals surface area contributed by atoms with Gasteiger partial charge in [-0.2, -0.15) is 0 Å². The largest absolute Gasteiger partial charge is 0.495 e. The number of para-hydroxylation sites is 2. The molecule has 0 radical (unpaired) electrons. The summed E-state index contributed by atoms with van der Waals surface area (Å²) in [6, 6.07) is 15.2. The first-order chi connectivity index (χ1) is 13.7. The Balaban J connectivity index is 1.36. The summed E-state index contributed by atoms with van der Waals surface area (Å²) in [4.78, 5) is 21.1. The summed E-state index contributed by atoms with van der Waals surface area (Å²) in [5.41, 5.74) is 1.76. The van der Waals surface area contributed by atoms with Gasteiger partial charge in [0.25, 0.3) is 5.91 Å². The highest BCUT2D eigenvalue weighted by molar-refractivity contribution is 6.02. The lowest BCUT2D eigenvalue weighted by molar-refractivity contribution is 0.0996. The van der Waals surface area contributed by atoms with Gasteiger partial charge in [0.05, 0.1) is 30.9 Å². The van der Waals surface area contributed by atoms with Crippen LogP contribution in [0.3, 0.4) is 0 Å². The SMILES string of the molecule is COc1ccccc1N1CCN(c2ccc(NC(=O)c3ccco3)cn2)CC1. The number of furan rings is 1. The quantitative estimate of drug-likeness (QED) is 0.735. The summed E-state index contributed by atoms with van der Waals surface area (Å²) < 4.78 is 10.6. The van der Waals surface area contributed by atoms with Gasteiger partial charge >= 0.3 is 0 Å². The molecule has 0 bridgehead atoms. The number of rotatable bonds is 5. The zero-order valence-corrected chi connectivity index (χ0v) is 15.7. The normalized spacial score (nSPS) is 14.0. The van der Waals surface area contributed by atoms with Gasteiger partial charge in [0.15, 0.2) is 5.76 Å². The topological polar surface area (TPSA) is 70.8 Å². The number of carbonyl (C=O) groups is 1. The van der Waals surface area contributed by atoms with Crippen molar-refractivity contribution in [2.75, 3.05) is 48.4 Å². The van der Waals surface area contributed by atoms with E-state index in [4.69, 9.17) is 9.15 Å². The summed E-state index contributed by atoms with van der Waals surface area (Å²) in [6.45, 7) is 3.50. The summed E-state index contributed by atoms with van der Waals surface area (Å²) >= 11 is 0. The number of ether oxygens (including phenoxy) is 1. The van der Waals surface area contributed by atoms with Gasteiger partial charge < -0.3 is 24.3 Å². The second kappa shape index (κ2) is 8.04. The molecule has 7 heteroatoms. The summed E-state index contributed by atoms with van der Waals surface area (Å²) in [7, 11) is 1.70. The van der Waals surface area contributed by atoms with Crippen molar-refractivity contribution in [3.8, 4) is 5.75 Å². The van der Waals surface area contributed by atoms with E-state index < -0.39 is 0 Å². The Morgan fingerprint density at radius 2 is 1.82 bits per heavy atom. The Morgan fingerprint density at radius 1 is 1.04 bits per heavy atom. The lowest BCUT2D eigenvalue weighted by atomic mass is 10.2. The average Bonchev–Trinajstić information content (AvgIpc) is 3.30. The van der Waals surface area contributed by atoms with Crippen molar-refractivity contribution in [1.82, 2.24) is 4.98 Å². The molecule has 28 heavy (non-hydrogen) atoms. The molecule has 2 aromatic heterocycles. The molecule has 0 atom stereocenters. The Kier molecular flexibility index (Phi) is 5.14. The predicted molar refractivity (Wildman–Crippen MR) is 108 cm³/mol. The van der Waals surface area contributed by atoms with Crippen LogP contribution in [0.2, 0.25) is 0 Å². The molecule has 7 nitrogen and oxygen atoms in total. The van der Waals surface area contributed by atoms with Gasteiger partial charge in [-0.25, -0.2) is 4.98 Å². The number of benzene rings is 1. The molecule has 3 heterocycles. The summed E-state index contributed by atoms with van der Waals surface area (Å²) in [6.07, 6.45) is 3.14. The first-order valence-electron chi connectivity index (χ1n) is 9.18. The summed E-state index contributed by atoms with van der Waals surface area (Å²) in [5, 5.41) is 2.78. The van der Waals surface area contributed by atoms with Gasteiger partial charge in [-0.1, -0.05) is 12.1 Å².